The van der Waals surface area contributed by atoms with Crippen LogP contribution in [0.1, 0.15) is 71.9 Å². The second-order valence-corrected chi connectivity index (χ2v) is 23.2. The van der Waals surface area contributed by atoms with Gasteiger partial charge in [-0.25, -0.2) is 0 Å². The van der Waals surface area contributed by atoms with Crippen LogP contribution in [-0.2, 0) is 65.1 Å². The minimum atomic E-state index is -0.417. The molecule has 5 aromatic heterocycles. The topological polar surface area (TPSA) is 102 Å². The molecule has 3 radical (unpaired) electrons. The monoisotopic (exact) mass is 1810 g/mol. The third-order valence-electron chi connectivity index (χ3n) is 14.0. The molecule has 5 heterocycles. The summed E-state index contributed by atoms with van der Waals surface area (Å²) in [6, 6.07) is 78.8. The van der Waals surface area contributed by atoms with Crippen LogP contribution in [-0.4, -0.2) is 35.8 Å². The molecule has 0 saturated carbocycles. The molecule has 0 aliphatic rings. The van der Waals surface area contributed by atoms with Crippen LogP contribution >= 0.6 is 0 Å². The summed E-state index contributed by atoms with van der Waals surface area (Å²) in [6.07, 6.45) is 9.95. The number of carbonyl (C=O) groups is 1. The molecule has 97 heavy (non-hydrogen) atoms. The number of ketones is 1. The predicted molar refractivity (Wildman–Crippen MR) is 388 cm³/mol. The average molecular weight is 1810 g/mol. The van der Waals surface area contributed by atoms with E-state index >= 15 is 0 Å². The summed E-state index contributed by atoms with van der Waals surface area (Å²) < 4.78 is 78.5. The van der Waals surface area contributed by atoms with Crippen molar-refractivity contribution in [1.82, 2.24) is 24.9 Å². The summed E-state index contributed by atoms with van der Waals surface area (Å²) in [5, 5.41) is 9.56. The molecule has 13 aromatic rings. The number of pyridine rings is 5. The Bertz CT molecular complexity index is 4930. The van der Waals surface area contributed by atoms with Gasteiger partial charge in [-0.1, -0.05) is 180 Å². The second-order valence-electron chi connectivity index (χ2n) is 23.2. The molecule has 0 bridgehead atoms. The number of aromatic nitrogens is 5. The molecule has 0 unspecified atom stereocenters. The summed E-state index contributed by atoms with van der Waals surface area (Å²) in [5.41, 5.74) is 15.4. The van der Waals surface area contributed by atoms with Gasteiger partial charge in [0.25, 0.3) is 0 Å². The Kier molecular flexibility index (Phi) is 26.5. The van der Waals surface area contributed by atoms with Crippen molar-refractivity contribution < 1.29 is 83.9 Å². The number of carbonyl (C=O) groups excluding carboxylic acids is 1. The average Bonchev–Trinajstić information content (AvgIpc) is 0.776. The van der Waals surface area contributed by atoms with Gasteiger partial charge in [0.1, 0.15) is 5.76 Å². The van der Waals surface area contributed by atoms with Gasteiger partial charge in [0.2, 0.25) is 0 Å². The molecule has 0 saturated heterocycles. The van der Waals surface area contributed by atoms with E-state index in [-0.39, 0.29) is 137 Å². The maximum atomic E-state index is 11.5. The largest absolute Gasteiger partial charge is 0.512 e. The zero-order chi connectivity index (χ0) is 75.3. The first-order valence-electron chi connectivity index (χ1n) is 35.4. The Labute approximate surface area is 629 Å². The smallest absolute Gasteiger partial charge is 0.164 e. The van der Waals surface area contributed by atoms with Crippen molar-refractivity contribution >= 4 is 5.78 Å². The van der Waals surface area contributed by atoms with E-state index in [1.807, 2.05) is 219 Å². The van der Waals surface area contributed by atoms with Gasteiger partial charge >= 0.3 is 0 Å². The maximum Gasteiger partial charge on any atom is 0.164 e. The van der Waals surface area contributed by atoms with Gasteiger partial charge in [-0.05, 0) is 94.8 Å². The third-order valence-corrected chi connectivity index (χ3v) is 14.0. The summed E-state index contributed by atoms with van der Waals surface area (Å²) in [4.78, 5) is 33.3. The first-order chi connectivity index (χ1) is 49.7. The number of hydrogen-bond donors (Lipinski definition) is 1. The van der Waals surface area contributed by atoms with E-state index < -0.39 is 17.5 Å². The van der Waals surface area contributed by atoms with Crippen LogP contribution < -0.4 is 0 Å². The number of aliphatic hydroxyl groups excluding tert-OH is 1. The van der Waals surface area contributed by atoms with Crippen LogP contribution in [0.3, 0.4) is 0 Å². The third kappa shape index (κ3) is 25.0. The normalized spacial score (nSPS) is 11.9. The molecule has 0 atom stereocenters. The molecule has 0 aliphatic carbocycles. The van der Waals surface area contributed by atoms with Crippen molar-refractivity contribution in [2.45, 2.75) is 62.3 Å². The van der Waals surface area contributed by atoms with Crippen molar-refractivity contribution in [3.63, 3.8) is 0 Å². The van der Waals surface area contributed by atoms with Gasteiger partial charge in [-0.15, -0.1) is 179 Å². The Morgan fingerprint density at radius 3 is 1.20 bits per heavy atom. The fourth-order valence-electron chi connectivity index (χ4n) is 8.67. The Hall–Kier alpha value is -9.33. The van der Waals surface area contributed by atoms with Gasteiger partial charge in [0.15, 0.2) is 5.78 Å². The fraction of sp³-hybridized carbons (Fsp3) is 0.126. The van der Waals surface area contributed by atoms with E-state index in [4.69, 9.17) is 13.7 Å². The number of allylic oxidation sites excluding steroid dienone is 2. The van der Waals surface area contributed by atoms with E-state index in [1.54, 1.807) is 36.7 Å². The number of hydrogen-bond acceptors (Lipinski definition) is 7. The van der Waals surface area contributed by atoms with Crippen molar-refractivity contribution in [2.75, 3.05) is 0 Å². The van der Waals surface area contributed by atoms with Crippen LogP contribution in [0, 0.1) is 61.9 Å². The first-order valence-corrected chi connectivity index (χ1v) is 30.4. The Balaban J connectivity index is 0.000000234. The zero-order valence-corrected chi connectivity index (χ0v) is 62.4. The molecule has 7 nitrogen and oxygen atoms in total. The molecule has 0 fully saturated rings. The van der Waals surface area contributed by atoms with Crippen LogP contribution in [0.15, 0.2) is 310 Å². The summed E-state index contributed by atoms with van der Waals surface area (Å²) in [6.45, 7) is 17.1. The predicted octanol–water partition coefficient (Wildman–Crippen LogP) is 21.8. The Morgan fingerprint density at radius 2 is 0.794 bits per heavy atom. The molecule has 8 aromatic carbocycles. The minimum absolute atomic E-state index is 0. The van der Waals surface area contributed by atoms with Crippen molar-refractivity contribution in [1.29, 1.82) is 0 Å². The van der Waals surface area contributed by atoms with E-state index in [1.165, 1.54) is 34.5 Å². The second kappa shape index (κ2) is 40.3. The molecular weight excluding hydrogens is 1720 g/mol. The van der Waals surface area contributed by atoms with E-state index in [0.717, 1.165) is 56.2 Å². The van der Waals surface area contributed by atoms with Crippen molar-refractivity contribution in [2.24, 2.45) is 10.8 Å². The van der Waals surface area contributed by atoms with Crippen molar-refractivity contribution in [3.05, 3.63) is 357 Å². The number of aryl methyl sites for hydroxylation is 3. The van der Waals surface area contributed by atoms with Gasteiger partial charge in [-0.2, -0.15) is 0 Å². The van der Waals surface area contributed by atoms with Gasteiger partial charge in [-0.3, -0.25) is 4.79 Å². The van der Waals surface area contributed by atoms with Crippen LogP contribution in [0.5, 0.6) is 0 Å². The Morgan fingerprint density at radius 1 is 0.381 bits per heavy atom. The first kappa shape index (κ1) is 63.7. The molecule has 13 rings (SSSR count). The summed E-state index contributed by atoms with van der Waals surface area (Å²) in [5.74, 6) is 0.104. The van der Waals surface area contributed by atoms with Crippen LogP contribution in [0.25, 0.3) is 89.7 Å². The number of nitrogens with zero attached hydrogens (tertiary/aromatic N) is 5. The fourth-order valence-corrected chi connectivity index (χ4v) is 8.67. The van der Waals surface area contributed by atoms with Crippen molar-refractivity contribution in [3.8, 4) is 89.7 Å². The quantitative estimate of drug-likeness (QED) is 0.0872. The molecule has 10 heteroatoms. The molecular formula is C87H78Ir3N5O2-5. The number of rotatable bonds is 9. The molecule has 0 aliphatic heterocycles. The van der Waals surface area contributed by atoms with Gasteiger partial charge < -0.3 is 30.0 Å². The molecule has 0 spiro atoms. The van der Waals surface area contributed by atoms with Crippen LogP contribution in [0.4, 0.5) is 0 Å². The maximum absolute atomic E-state index is 11.5. The minimum Gasteiger partial charge on any atom is -0.512 e. The summed E-state index contributed by atoms with van der Waals surface area (Å²) in [7, 11) is 0. The van der Waals surface area contributed by atoms with E-state index in [9.17, 15) is 9.90 Å². The standard InChI is InChI=1S/2C18H14N.C17H12N.C12H10N.C11H8N.C11H20O2.3Ir/c2*1-14-12-18(16-10-6-3-7-11-16)19-13-17(14)15-8-4-2-5-9-15;1-3-7-14(8-4-1)16-11-12-17(18-13-16)15-9-5-2-6-10-15;1-10-6-5-9-13-12(10)11-7-3-2-4-8-11;1-2-6-10(7-3-1)11-8-4-5-9-12-11;1-10(2,3)8(12)7-9(13)11(4,5)6;;;/h2*2-10,12-13H,1H3;1-9,11-13H;2-7,9H,1H3;1-6,8-9H;7,12H,1-6H3;;;/q5*-1;;;;/i2D,4D,5D,8D,9D;;1D,3D,4D,7D,8D;;;;;;. The summed E-state index contributed by atoms with van der Waals surface area (Å²) >= 11 is 0. The van der Waals surface area contributed by atoms with E-state index in [2.05, 4.69) is 93.4 Å². The molecule has 1 N–H and O–H groups in total. The molecule has 495 valence electrons. The SMILES string of the molecule is CC(C)(C)C(=O)C=C(O)C(C)(C)C.Cc1cc(-c2[c-]cccc2)ncc1-c1ccccc1.Cc1cccnc1-c1[c-]cccc1.[2H]c1c([2H])c([2H])c(-c2ccc(-c3[c-]cccc3)nc2)c([2H])c1[2H].[2H]c1c([2H])c([2H])c(-c2cnc(-c3[c-]cccc3)cc2C)c([2H])c1[2H].[Ir].[Ir].[Ir].[c-]1ccccc1-c1ccccn1. The number of benzene rings is 8. The van der Waals surface area contributed by atoms with Gasteiger partial charge in [0.05, 0.1) is 13.7 Å². The molecule has 0 amide bonds. The van der Waals surface area contributed by atoms with Gasteiger partial charge in [0, 0.05) is 119 Å². The van der Waals surface area contributed by atoms with Crippen LogP contribution in [0.2, 0.25) is 0 Å². The zero-order valence-electron chi connectivity index (χ0n) is 65.2. The van der Waals surface area contributed by atoms with E-state index in [0.29, 0.717) is 16.8 Å². The number of aliphatic hydroxyl groups is 1.